The molecular weight excluding hydrogens is 202 g/mol. The number of hydrogen-bond acceptors (Lipinski definition) is 2. The Balaban J connectivity index is 2.72. The van der Waals surface area contributed by atoms with Crippen molar-refractivity contribution in [2.24, 2.45) is 5.92 Å². The van der Waals surface area contributed by atoms with Crippen LogP contribution in [0.2, 0.25) is 0 Å². The smallest absolute Gasteiger partial charge is 0.223 e. The number of amides is 1. The van der Waals surface area contributed by atoms with E-state index in [9.17, 15) is 4.79 Å². The van der Waals surface area contributed by atoms with Gasteiger partial charge in [-0.2, -0.15) is 0 Å². The summed E-state index contributed by atoms with van der Waals surface area (Å²) in [6.07, 6.45) is 0.544. The lowest BCUT2D eigenvalue weighted by molar-refractivity contribution is -0.124. The Morgan fingerprint density at radius 3 is 2.44 bits per heavy atom. The highest BCUT2D eigenvalue weighted by Crippen LogP contribution is 2.16. The Morgan fingerprint density at radius 1 is 1.31 bits per heavy atom. The lowest BCUT2D eigenvalue weighted by Gasteiger charge is -2.19. The molecule has 1 rings (SSSR count). The minimum Gasteiger partial charge on any atom is -0.396 e. The minimum absolute atomic E-state index is 0.0160. The van der Waals surface area contributed by atoms with Gasteiger partial charge in [0, 0.05) is 12.5 Å². The Morgan fingerprint density at radius 2 is 1.94 bits per heavy atom. The second-order valence-electron chi connectivity index (χ2n) is 4.14. The van der Waals surface area contributed by atoms with Crippen LogP contribution in [0.15, 0.2) is 30.3 Å². The molecule has 88 valence electrons. The van der Waals surface area contributed by atoms with Gasteiger partial charge in [-0.25, -0.2) is 0 Å². The van der Waals surface area contributed by atoms with Crippen LogP contribution in [-0.4, -0.2) is 17.6 Å². The van der Waals surface area contributed by atoms with Crippen LogP contribution in [0, 0.1) is 5.92 Å². The topological polar surface area (TPSA) is 49.3 Å². The van der Waals surface area contributed by atoms with E-state index < -0.39 is 0 Å². The lowest BCUT2D eigenvalue weighted by Crippen LogP contribution is -2.32. The Bertz CT molecular complexity index is 322. The van der Waals surface area contributed by atoms with Crippen molar-refractivity contribution < 1.29 is 9.90 Å². The van der Waals surface area contributed by atoms with Crippen LogP contribution in [0.4, 0.5) is 0 Å². The summed E-state index contributed by atoms with van der Waals surface area (Å²) < 4.78 is 0. The molecule has 0 unspecified atom stereocenters. The first-order valence-corrected chi connectivity index (χ1v) is 5.61. The van der Waals surface area contributed by atoms with Crippen LogP contribution < -0.4 is 5.32 Å². The molecule has 0 aliphatic rings. The maximum Gasteiger partial charge on any atom is 0.223 e. The normalized spacial score (nSPS) is 12.5. The number of hydrogen-bond donors (Lipinski definition) is 2. The van der Waals surface area contributed by atoms with Gasteiger partial charge in [0.2, 0.25) is 5.91 Å². The third-order valence-electron chi connectivity index (χ3n) is 2.46. The summed E-state index contributed by atoms with van der Waals surface area (Å²) in [6.45, 7) is 3.78. The Hall–Kier alpha value is -1.35. The van der Waals surface area contributed by atoms with Crippen molar-refractivity contribution >= 4 is 5.91 Å². The minimum atomic E-state index is -0.0962. The molecule has 0 fully saturated rings. The van der Waals surface area contributed by atoms with E-state index in [4.69, 9.17) is 5.11 Å². The summed E-state index contributed by atoms with van der Waals surface area (Å²) in [6, 6.07) is 9.62. The van der Waals surface area contributed by atoms with Crippen LogP contribution in [0.3, 0.4) is 0 Å². The van der Waals surface area contributed by atoms with Crippen molar-refractivity contribution in [3.05, 3.63) is 35.9 Å². The molecule has 1 atom stereocenters. The molecule has 3 nitrogen and oxygen atoms in total. The molecule has 0 aliphatic carbocycles. The van der Waals surface area contributed by atoms with Gasteiger partial charge in [0.15, 0.2) is 0 Å². The molecule has 3 heteroatoms. The fraction of sp³-hybridized carbons (Fsp3) is 0.462. The molecule has 0 saturated heterocycles. The van der Waals surface area contributed by atoms with Gasteiger partial charge in [0.1, 0.15) is 0 Å². The van der Waals surface area contributed by atoms with Crippen LogP contribution in [0.1, 0.15) is 31.9 Å². The van der Waals surface area contributed by atoms with Gasteiger partial charge in [0.05, 0.1) is 6.04 Å². The molecule has 2 N–H and O–H groups in total. The highest BCUT2D eigenvalue weighted by molar-refractivity contribution is 5.78. The number of aliphatic hydroxyl groups excluding tert-OH is 1. The molecule has 0 aromatic heterocycles. The van der Waals surface area contributed by atoms with Crippen molar-refractivity contribution in [3.8, 4) is 0 Å². The van der Waals surface area contributed by atoms with E-state index in [1.165, 1.54) is 0 Å². The maximum atomic E-state index is 11.6. The van der Waals surface area contributed by atoms with E-state index in [0.717, 1.165) is 5.56 Å². The lowest BCUT2D eigenvalue weighted by atomic mass is 10.0. The molecule has 16 heavy (non-hydrogen) atoms. The van der Waals surface area contributed by atoms with E-state index in [1.807, 2.05) is 44.2 Å². The fourth-order valence-electron chi connectivity index (χ4n) is 1.48. The quantitative estimate of drug-likeness (QED) is 0.797. The van der Waals surface area contributed by atoms with Crippen LogP contribution in [0.25, 0.3) is 0 Å². The molecule has 0 aliphatic heterocycles. The summed E-state index contributed by atoms with van der Waals surface area (Å²) in [5.41, 5.74) is 1.03. The maximum absolute atomic E-state index is 11.6. The van der Waals surface area contributed by atoms with Crippen molar-refractivity contribution in [2.45, 2.75) is 26.3 Å². The van der Waals surface area contributed by atoms with E-state index in [2.05, 4.69) is 5.32 Å². The van der Waals surface area contributed by atoms with Crippen molar-refractivity contribution in [1.82, 2.24) is 5.32 Å². The Kier molecular flexibility index (Phi) is 4.99. The van der Waals surface area contributed by atoms with Crippen LogP contribution in [0.5, 0.6) is 0 Å². The van der Waals surface area contributed by atoms with E-state index in [-0.39, 0.29) is 24.5 Å². The molecule has 0 radical (unpaired) electrons. The number of rotatable bonds is 5. The number of benzene rings is 1. The monoisotopic (exact) mass is 221 g/mol. The zero-order chi connectivity index (χ0) is 12.0. The van der Waals surface area contributed by atoms with Gasteiger partial charge in [-0.05, 0) is 12.0 Å². The molecule has 1 aromatic rings. The van der Waals surface area contributed by atoms with Crippen LogP contribution in [-0.2, 0) is 4.79 Å². The van der Waals surface area contributed by atoms with Gasteiger partial charge in [-0.15, -0.1) is 0 Å². The summed E-state index contributed by atoms with van der Waals surface area (Å²) in [4.78, 5) is 11.6. The highest BCUT2D eigenvalue weighted by Gasteiger charge is 2.15. The van der Waals surface area contributed by atoms with Crippen molar-refractivity contribution in [2.75, 3.05) is 6.61 Å². The predicted molar refractivity (Wildman–Crippen MR) is 63.9 cm³/mol. The number of nitrogens with one attached hydrogen (secondary N) is 1. The van der Waals surface area contributed by atoms with Gasteiger partial charge >= 0.3 is 0 Å². The molecule has 1 aromatic carbocycles. The third-order valence-corrected chi connectivity index (χ3v) is 2.46. The average Bonchev–Trinajstić information content (AvgIpc) is 2.29. The number of carbonyl (C=O) groups excluding carboxylic acids is 1. The third kappa shape index (κ3) is 3.66. The zero-order valence-electron chi connectivity index (χ0n) is 9.81. The number of aliphatic hydroxyl groups is 1. The summed E-state index contributed by atoms with van der Waals surface area (Å²) in [5, 5.41) is 11.9. The van der Waals surface area contributed by atoms with Crippen molar-refractivity contribution in [1.29, 1.82) is 0 Å². The SMILES string of the molecule is CC(C)C(=O)N[C@@H](CCO)c1ccccc1. The molecular formula is C13H19NO2. The average molecular weight is 221 g/mol. The first-order valence-electron chi connectivity index (χ1n) is 5.61. The van der Waals surface area contributed by atoms with E-state index in [1.54, 1.807) is 0 Å². The van der Waals surface area contributed by atoms with Crippen LogP contribution >= 0.6 is 0 Å². The highest BCUT2D eigenvalue weighted by atomic mass is 16.3. The second-order valence-corrected chi connectivity index (χ2v) is 4.14. The molecule has 0 heterocycles. The van der Waals surface area contributed by atoms with E-state index in [0.29, 0.717) is 6.42 Å². The molecule has 0 saturated carbocycles. The van der Waals surface area contributed by atoms with Gasteiger partial charge < -0.3 is 10.4 Å². The van der Waals surface area contributed by atoms with Gasteiger partial charge in [-0.3, -0.25) is 4.79 Å². The first-order chi connectivity index (χ1) is 7.65. The predicted octanol–water partition coefficient (Wildman–Crippen LogP) is 1.88. The zero-order valence-corrected chi connectivity index (χ0v) is 9.81. The summed E-state index contributed by atoms with van der Waals surface area (Å²) >= 11 is 0. The number of carbonyl (C=O) groups is 1. The standard InChI is InChI=1S/C13H19NO2/c1-10(2)13(16)14-12(8-9-15)11-6-4-3-5-7-11/h3-7,10,12,15H,8-9H2,1-2H3,(H,14,16)/t12-/m0/s1. The van der Waals surface area contributed by atoms with Gasteiger partial charge in [0.25, 0.3) is 0 Å². The summed E-state index contributed by atoms with van der Waals surface area (Å²) in [7, 11) is 0. The molecule has 0 spiro atoms. The fourth-order valence-corrected chi connectivity index (χ4v) is 1.48. The second kappa shape index (κ2) is 6.28. The van der Waals surface area contributed by atoms with E-state index >= 15 is 0 Å². The first kappa shape index (κ1) is 12.7. The molecule has 1 amide bonds. The Labute approximate surface area is 96.5 Å². The van der Waals surface area contributed by atoms with Crippen molar-refractivity contribution in [3.63, 3.8) is 0 Å². The summed E-state index contributed by atoms with van der Waals surface area (Å²) in [5.74, 6) is -0.0211. The largest absolute Gasteiger partial charge is 0.396 e. The van der Waals surface area contributed by atoms with Gasteiger partial charge in [-0.1, -0.05) is 44.2 Å². The molecule has 0 bridgehead atoms.